The van der Waals surface area contributed by atoms with Crippen LogP contribution >= 0.6 is 0 Å². The summed E-state index contributed by atoms with van der Waals surface area (Å²) in [6.45, 7) is 4.15. The Bertz CT molecular complexity index is 367. The second-order valence-electron chi connectivity index (χ2n) is 5.80. The highest BCUT2D eigenvalue weighted by Gasteiger charge is 2.17. The van der Waals surface area contributed by atoms with Crippen molar-refractivity contribution in [3.8, 4) is 0 Å². The molecule has 19 heavy (non-hydrogen) atoms. The van der Waals surface area contributed by atoms with E-state index in [1.54, 1.807) is 12.1 Å². The van der Waals surface area contributed by atoms with Crippen LogP contribution in [0, 0.1) is 11.8 Å². The van der Waals surface area contributed by atoms with Gasteiger partial charge in [0, 0.05) is 12.1 Å². The molecular formula is C16H23F2N. The molecule has 1 saturated carbocycles. The Labute approximate surface area is 114 Å². The minimum Gasteiger partial charge on any atom is -0.312 e. The van der Waals surface area contributed by atoms with Gasteiger partial charge in [-0.25, -0.2) is 8.78 Å². The Hall–Kier alpha value is -0.960. The van der Waals surface area contributed by atoms with Crippen molar-refractivity contribution in [2.24, 2.45) is 11.8 Å². The molecule has 1 N–H and O–H groups in total. The van der Waals surface area contributed by atoms with Crippen LogP contribution in [0.3, 0.4) is 0 Å². The van der Waals surface area contributed by atoms with Crippen molar-refractivity contribution in [2.75, 3.05) is 6.54 Å². The molecule has 3 heteroatoms. The second-order valence-corrected chi connectivity index (χ2v) is 5.80. The van der Waals surface area contributed by atoms with Crippen LogP contribution in [0.15, 0.2) is 24.3 Å². The van der Waals surface area contributed by atoms with Crippen molar-refractivity contribution in [2.45, 2.75) is 45.6 Å². The molecule has 2 rings (SSSR count). The zero-order valence-corrected chi connectivity index (χ0v) is 11.5. The van der Waals surface area contributed by atoms with E-state index in [1.807, 2.05) is 0 Å². The summed E-state index contributed by atoms with van der Waals surface area (Å²) in [4.78, 5) is 0. The Balaban J connectivity index is 1.70. The smallest absolute Gasteiger partial charge is 0.263 e. The number of benzene rings is 1. The summed E-state index contributed by atoms with van der Waals surface area (Å²) in [5, 5.41) is 3.45. The van der Waals surface area contributed by atoms with Gasteiger partial charge in [0.25, 0.3) is 6.43 Å². The summed E-state index contributed by atoms with van der Waals surface area (Å²) in [5.41, 5.74) is 1.18. The summed E-state index contributed by atoms with van der Waals surface area (Å²) < 4.78 is 24.8. The van der Waals surface area contributed by atoms with Gasteiger partial charge in [-0.15, -0.1) is 0 Å². The van der Waals surface area contributed by atoms with E-state index in [1.165, 1.54) is 37.8 Å². The highest BCUT2D eigenvalue weighted by molar-refractivity contribution is 5.23. The van der Waals surface area contributed by atoms with Crippen molar-refractivity contribution in [3.05, 3.63) is 35.4 Å². The number of rotatable bonds is 5. The summed E-state index contributed by atoms with van der Waals surface area (Å²) in [6, 6.07) is 6.61. The Morgan fingerprint density at radius 2 is 1.74 bits per heavy atom. The lowest BCUT2D eigenvalue weighted by Gasteiger charge is -2.26. The Morgan fingerprint density at radius 3 is 2.32 bits per heavy atom. The van der Waals surface area contributed by atoms with E-state index in [9.17, 15) is 8.78 Å². The monoisotopic (exact) mass is 267 g/mol. The van der Waals surface area contributed by atoms with E-state index >= 15 is 0 Å². The molecule has 1 aromatic carbocycles. The van der Waals surface area contributed by atoms with E-state index in [2.05, 4.69) is 12.2 Å². The third-order valence-corrected chi connectivity index (χ3v) is 4.13. The minimum atomic E-state index is -2.37. The molecule has 1 fully saturated rings. The minimum absolute atomic E-state index is 0.102. The summed E-state index contributed by atoms with van der Waals surface area (Å²) in [6.07, 6.45) is 2.95. The average molecular weight is 267 g/mol. The van der Waals surface area contributed by atoms with E-state index in [4.69, 9.17) is 0 Å². The molecule has 1 aliphatic rings. The lowest BCUT2D eigenvalue weighted by Crippen LogP contribution is -2.25. The molecule has 0 bridgehead atoms. The van der Waals surface area contributed by atoms with Crippen LogP contribution in [-0.2, 0) is 6.54 Å². The molecule has 0 radical (unpaired) electrons. The second kappa shape index (κ2) is 6.99. The van der Waals surface area contributed by atoms with Gasteiger partial charge >= 0.3 is 0 Å². The first-order valence-electron chi connectivity index (χ1n) is 7.23. The van der Waals surface area contributed by atoms with Crippen LogP contribution in [0.2, 0.25) is 0 Å². The molecule has 106 valence electrons. The van der Waals surface area contributed by atoms with Gasteiger partial charge in [-0.3, -0.25) is 0 Å². The molecule has 0 amide bonds. The van der Waals surface area contributed by atoms with Crippen LogP contribution in [0.5, 0.6) is 0 Å². The van der Waals surface area contributed by atoms with Crippen molar-refractivity contribution in [1.82, 2.24) is 5.32 Å². The normalized spacial score (nSPS) is 23.8. The predicted octanol–water partition coefficient (Wildman–Crippen LogP) is 4.54. The van der Waals surface area contributed by atoms with Crippen molar-refractivity contribution >= 4 is 0 Å². The molecule has 1 aromatic rings. The SMILES string of the molecule is CC1CCC(CNCc2ccc(C(F)F)cc2)CC1. The maximum atomic E-state index is 12.4. The van der Waals surface area contributed by atoms with Gasteiger partial charge < -0.3 is 5.32 Å². The predicted molar refractivity (Wildman–Crippen MR) is 74.2 cm³/mol. The number of hydrogen-bond donors (Lipinski definition) is 1. The molecular weight excluding hydrogens is 244 g/mol. The first kappa shape index (κ1) is 14.4. The molecule has 1 nitrogen and oxygen atoms in total. The van der Waals surface area contributed by atoms with Gasteiger partial charge in [0.15, 0.2) is 0 Å². The number of nitrogens with one attached hydrogen (secondary N) is 1. The molecule has 0 atom stereocenters. The summed E-state index contributed by atoms with van der Waals surface area (Å²) >= 11 is 0. The maximum Gasteiger partial charge on any atom is 0.263 e. The van der Waals surface area contributed by atoms with Crippen LogP contribution < -0.4 is 5.32 Å². The van der Waals surface area contributed by atoms with E-state index < -0.39 is 6.43 Å². The maximum absolute atomic E-state index is 12.4. The van der Waals surface area contributed by atoms with Gasteiger partial charge in [-0.2, -0.15) is 0 Å². The standard InChI is InChI=1S/C16H23F2N/c1-12-2-4-13(5-3-12)10-19-11-14-6-8-15(9-7-14)16(17)18/h6-9,12-13,16,19H,2-5,10-11H2,1H3. The van der Waals surface area contributed by atoms with Crippen LogP contribution in [-0.4, -0.2) is 6.54 Å². The fourth-order valence-electron chi connectivity index (χ4n) is 2.73. The molecule has 1 aliphatic carbocycles. The van der Waals surface area contributed by atoms with Gasteiger partial charge in [0.05, 0.1) is 0 Å². The fourth-order valence-corrected chi connectivity index (χ4v) is 2.73. The molecule has 0 spiro atoms. The lowest BCUT2D eigenvalue weighted by atomic mass is 9.83. The Morgan fingerprint density at radius 1 is 1.11 bits per heavy atom. The van der Waals surface area contributed by atoms with Crippen molar-refractivity contribution < 1.29 is 8.78 Å². The van der Waals surface area contributed by atoms with Gasteiger partial charge in [-0.05, 0) is 36.8 Å². The Kier molecular flexibility index (Phi) is 5.32. The van der Waals surface area contributed by atoms with Gasteiger partial charge in [-0.1, -0.05) is 44.0 Å². The van der Waals surface area contributed by atoms with Crippen LogP contribution in [0.25, 0.3) is 0 Å². The summed E-state index contributed by atoms with van der Waals surface area (Å²) in [5.74, 6) is 1.68. The number of halogens is 2. The van der Waals surface area contributed by atoms with Crippen LogP contribution in [0.1, 0.15) is 50.2 Å². The molecule has 0 heterocycles. The quantitative estimate of drug-likeness (QED) is 0.826. The highest BCUT2D eigenvalue weighted by atomic mass is 19.3. The van der Waals surface area contributed by atoms with Crippen molar-refractivity contribution in [3.63, 3.8) is 0 Å². The zero-order valence-electron chi connectivity index (χ0n) is 11.5. The van der Waals surface area contributed by atoms with Gasteiger partial charge in [0.2, 0.25) is 0 Å². The first-order valence-corrected chi connectivity index (χ1v) is 7.23. The van der Waals surface area contributed by atoms with Crippen LogP contribution in [0.4, 0.5) is 8.78 Å². The van der Waals surface area contributed by atoms with E-state index in [0.717, 1.165) is 30.5 Å². The van der Waals surface area contributed by atoms with E-state index in [-0.39, 0.29) is 5.56 Å². The van der Waals surface area contributed by atoms with E-state index in [0.29, 0.717) is 0 Å². The number of hydrogen-bond acceptors (Lipinski definition) is 1. The zero-order chi connectivity index (χ0) is 13.7. The molecule has 0 unspecified atom stereocenters. The third-order valence-electron chi connectivity index (χ3n) is 4.13. The highest BCUT2D eigenvalue weighted by Crippen LogP contribution is 2.27. The average Bonchev–Trinajstić information content (AvgIpc) is 2.41. The molecule has 0 aromatic heterocycles. The third kappa shape index (κ3) is 4.57. The lowest BCUT2D eigenvalue weighted by molar-refractivity contribution is 0.151. The fraction of sp³-hybridized carbons (Fsp3) is 0.625. The van der Waals surface area contributed by atoms with Crippen molar-refractivity contribution in [1.29, 1.82) is 0 Å². The first-order chi connectivity index (χ1) is 9.15. The number of alkyl halides is 2. The topological polar surface area (TPSA) is 12.0 Å². The van der Waals surface area contributed by atoms with Gasteiger partial charge in [0.1, 0.15) is 0 Å². The molecule has 0 saturated heterocycles. The summed E-state index contributed by atoms with van der Waals surface area (Å²) in [7, 11) is 0. The molecule has 0 aliphatic heterocycles. The largest absolute Gasteiger partial charge is 0.312 e.